The van der Waals surface area contributed by atoms with Crippen molar-refractivity contribution in [2.24, 2.45) is 0 Å². The number of nitriles is 1. The first-order valence-corrected chi connectivity index (χ1v) is 9.39. The lowest BCUT2D eigenvalue weighted by Crippen LogP contribution is -2.18. The molecule has 0 radical (unpaired) electrons. The van der Waals surface area contributed by atoms with E-state index in [1.165, 1.54) is 11.8 Å². The molecule has 1 atom stereocenters. The number of aromatic amines is 1. The highest BCUT2D eigenvalue weighted by Crippen LogP contribution is 2.27. The van der Waals surface area contributed by atoms with Gasteiger partial charge in [-0.1, -0.05) is 42.1 Å². The Balaban J connectivity index is 1.92. The summed E-state index contributed by atoms with van der Waals surface area (Å²) in [4.78, 5) is 30.5. The Hall–Kier alpha value is -3.57. The fraction of sp³-hybridized carbons (Fsp3) is 0.100. The summed E-state index contributed by atoms with van der Waals surface area (Å²) in [5.41, 5.74) is 0.745. The van der Waals surface area contributed by atoms with Crippen LogP contribution >= 0.6 is 11.8 Å². The zero-order valence-corrected chi connectivity index (χ0v) is 15.6. The molecule has 1 aromatic heterocycles. The van der Waals surface area contributed by atoms with Gasteiger partial charge in [-0.15, -0.1) is 0 Å². The van der Waals surface area contributed by atoms with Gasteiger partial charge in [-0.3, -0.25) is 4.79 Å². The van der Waals surface area contributed by atoms with Gasteiger partial charge in [0.1, 0.15) is 17.4 Å². The molecule has 2 aromatic carbocycles. The number of carbonyl (C=O) groups is 1. The molecule has 0 amide bonds. The molecule has 28 heavy (non-hydrogen) atoms. The third-order valence-corrected chi connectivity index (χ3v) is 4.49. The van der Waals surface area contributed by atoms with E-state index >= 15 is 0 Å². The molecule has 0 bridgehead atoms. The number of hydrogen-bond acceptors (Lipinski definition) is 6. The van der Waals surface area contributed by atoms with Crippen molar-refractivity contribution < 1.29 is 14.6 Å². The number of nitrogens with one attached hydrogen (secondary N) is 1. The number of H-pyrrole nitrogens is 1. The average Bonchev–Trinajstić information content (AvgIpc) is 2.72. The van der Waals surface area contributed by atoms with Gasteiger partial charge in [0, 0.05) is 11.1 Å². The highest BCUT2D eigenvalue weighted by atomic mass is 32.2. The molecule has 3 rings (SSSR count). The van der Waals surface area contributed by atoms with Gasteiger partial charge in [-0.2, -0.15) is 5.26 Å². The summed E-state index contributed by atoms with van der Waals surface area (Å²) in [5, 5.41) is 19.1. The van der Waals surface area contributed by atoms with E-state index in [1.807, 2.05) is 6.07 Å². The number of ether oxygens (including phenoxy) is 1. The third kappa shape index (κ3) is 4.05. The molecule has 3 aromatic rings. The second-order valence-electron chi connectivity index (χ2n) is 5.68. The van der Waals surface area contributed by atoms with Gasteiger partial charge in [0.2, 0.25) is 6.10 Å². The Kier molecular flexibility index (Phi) is 5.77. The van der Waals surface area contributed by atoms with Gasteiger partial charge in [-0.25, -0.2) is 9.78 Å². The largest absolute Gasteiger partial charge is 0.478 e. The van der Waals surface area contributed by atoms with Crippen molar-refractivity contribution in [3.8, 4) is 23.1 Å². The van der Waals surface area contributed by atoms with E-state index in [2.05, 4.69) is 9.97 Å². The maximum absolute atomic E-state index is 12.0. The fourth-order valence-electron chi connectivity index (χ4n) is 2.58. The average molecular weight is 393 g/mol. The number of carboxylic acid groups (broad SMARTS) is 1. The van der Waals surface area contributed by atoms with E-state index < -0.39 is 17.6 Å². The second kappa shape index (κ2) is 8.41. The second-order valence-corrected chi connectivity index (χ2v) is 6.48. The number of carboxylic acids is 1. The highest BCUT2D eigenvalue weighted by Gasteiger charge is 2.22. The topological polar surface area (TPSA) is 116 Å². The lowest BCUT2D eigenvalue weighted by atomic mass is 10.1. The molecule has 0 aliphatic carbocycles. The van der Waals surface area contributed by atoms with E-state index in [-0.39, 0.29) is 11.3 Å². The lowest BCUT2D eigenvalue weighted by molar-refractivity contribution is -0.145. The zero-order valence-electron chi connectivity index (χ0n) is 14.7. The van der Waals surface area contributed by atoms with Gasteiger partial charge in [0.25, 0.3) is 5.56 Å². The molecule has 0 spiro atoms. The molecule has 0 fully saturated rings. The lowest BCUT2D eigenvalue weighted by Gasteiger charge is -2.15. The molecule has 140 valence electrons. The SMILES string of the molecule is CSc1nc(-c2ccc(OC(C(=O)O)c3ccccc3)cc2)c(C#N)c(=O)[nH]1. The van der Waals surface area contributed by atoms with Crippen LogP contribution in [0.4, 0.5) is 0 Å². The molecule has 0 aliphatic rings. The van der Waals surface area contributed by atoms with Gasteiger partial charge >= 0.3 is 5.97 Å². The van der Waals surface area contributed by atoms with Crippen LogP contribution in [0.1, 0.15) is 17.2 Å². The van der Waals surface area contributed by atoms with E-state index in [0.29, 0.717) is 22.0 Å². The summed E-state index contributed by atoms with van der Waals surface area (Å²) in [7, 11) is 0. The number of benzene rings is 2. The Morgan fingerprint density at radius 3 is 2.46 bits per heavy atom. The maximum Gasteiger partial charge on any atom is 0.349 e. The van der Waals surface area contributed by atoms with Gasteiger partial charge in [0.05, 0.1) is 5.69 Å². The van der Waals surface area contributed by atoms with Gasteiger partial charge in [-0.05, 0) is 30.5 Å². The number of aliphatic carboxylic acids is 1. The first-order chi connectivity index (χ1) is 13.5. The van der Waals surface area contributed by atoms with Crippen LogP contribution in [-0.2, 0) is 4.79 Å². The molecule has 0 saturated heterocycles. The predicted octanol–water partition coefficient (Wildman–Crippen LogP) is 3.24. The van der Waals surface area contributed by atoms with Crippen LogP contribution in [0, 0.1) is 11.3 Å². The summed E-state index contributed by atoms with van der Waals surface area (Å²) < 4.78 is 5.62. The first kappa shape index (κ1) is 19.2. The first-order valence-electron chi connectivity index (χ1n) is 8.16. The van der Waals surface area contributed by atoms with Crippen LogP contribution in [0.15, 0.2) is 64.5 Å². The van der Waals surface area contributed by atoms with Crippen molar-refractivity contribution in [3.05, 3.63) is 76.1 Å². The Bertz CT molecular complexity index is 1090. The Morgan fingerprint density at radius 1 is 1.21 bits per heavy atom. The zero-order chi connectivity index (χ0) is 20.1. The van der Waals surface area contributed by atoms with E-state index in [9.17, 15) is 20.0 Å². The fourth-order valence-corrected chi connectivity index (χ4v) is 2.96. The molecule has 8 heteroatoms. The van der Waals surface area contributed by atoms with E-state index in [0.717, 1.165) is 0 Å². The molecular formula is C20H15N3O4S. The number of hydrogen-bond donors (Lipinski definition) is 2. The smallest absolute Gasteiger partial charge is 0.349 e. The normalized spacial score (nSPS) is 11.4. The molecule has 2 N–H and O–H groups in total. The molecule has 0 saturated carbocycles. The minimum atomic E-state index is -1.15. The summed E-state index contributed by atoms with van der Waals surface area (Å²) in [6, 6.07) is 16.9. The maximum atomic E-state index is 12.0. The molecule has 1 unspecified atom stereocenters. The number of aromatic nitrogens is 2. The van der Waals surface area contributed by atoms with Gasteiger partial charge in [0.15, 0.2) is 5.16 Å². The molecule has 1 heterocycles. The monoisotopic (exact) mass is 393 g/mol. The van der Waals surface area contributed by atoms with Crippen molar-refractivity contribution in [1.29, 1.82) is 5.26 Å². The molecule has 7 nitrogen and oxygen atoms in total. The molecule has 0 aliphatic heterocycles. The quantitative estimate of drug-likeness (QED) is 0.488. The Morgan fingerprint density at radius 2 is 1.89 bits per heavy atom. The Labute approximate surface area is 164 Å². The van der Waals surface area contributed by atoms with E-state index in [4.69, 9.17) is 4.74 Å². The van der Waals surface area contributed by atoms with E-state index in [1.54, 1.807) is 60.9 Å². The van der Waals surface area contributed by atoms with Crippen molar-refractivity contribution in [1.82, 2.24) is 9.97 Å². The summed E-state index contributed by atoms with van der Waals surface area (Å²) in [6.07, 6.45) is 0.614. The van der Waals surface area contributed by atoms with Crippen molar-refractivity contribution in [2.75, 3.05) is 6.26 Å². The van der Waals surface area contributed by atoms with Crippen LogP contribution in [0.3, 0.4) is 0 Å². The van der Waals surface area contributed by atoms with Crippen LogP contribution in [-0.4, -0.2) is 27.3 Å². The molecular weight excluding hydrogens is 378 g/mol. The predicted molar refractivity (Wildman–Crippen MR) is 104 cm³/mol. The summed E-state index contributed by atoms with van der Waals surface area (Å²) >= 11 is 1.26. The van der Waals surface area contributed by atoms with Crippen molar-refractivity contribution in [2.45, 2.75) is 11.3 Å². The number of thioether (sulfide) groups is 1. The standard InChI is InChI=1S/C20H15N3O4S/c1-28-20-22-16(15(11-21)18(24)23-20)12-7-9-14(10-8-12)27-17(19(25)26)13-5-3-2-4-6-13/h2-10,17H,1H3,(H,25,26)(H,22,23,24). The van der Waals surface area contributed by atoms with Crippen LogP contribution in [0.25, 0.3) is 11.3 Å². The minimum Gasteiger partial charge on any atom is -0.478 e. The summed E-state index contributed by atoms with van der Waals surface area (Å²) in [6.45, 7) is 0. The van der Waals surface area contributed by atoms with Crippen molar-refractivity contribution >= 4 is 17.7 Å². The summed E-state index contributed by atoms with van der Waals surface area (Å²) in [5.74, 6) is -0.767. The van der Waals surface area contributed by atoms with Crippen LogP contribution in [0.5, 0.6) is 5.75 Å². The van der Waals surface area contributed by atoms with Crippen LogP contribution < -0.4 is 10.3 Å². The number of rotatable bonds is 6. The third-order valence-electron chi connectivity index (χ3n) is 3.91. The highest BCUT2D eigenvalue weighted by molar-refractivity contribution is 7.98. The van der Waals surface area contributed by atoms with Crippen LogP contribution in [0.2, 0.25) is 0 Å². The van der Waals surface area contributed by atoms with Crippen molar-refractivity contribution in [3.63, 3.8) is 0 Å². The number of nitrogens with zero attached hydrogens (tertiary/aromatic N) is 2. The van der Waals surface area contributed by atoms with Gasteiger partial charge < -0.3 is 14.8 Å². The minimum absolute atomic E-state index is 0.0841.